The molecule has 5 heteroatoms. The van der Waals surface area contributed by atoms with E-state index in [2.05, 4.69) is 24.1 Å². The molecule has 0 aliphatic carbocycles. The molecule has 2 heterocycles. The first-order valence-corrected chi connectivity index (χ1v) is 7.42. The summed E-state index contributed by atoms with van der Waals surface area (Å²) in [7, 11) is 0. The zero-order valence-corrected chi connectivity index (χ0v) is 12.8. The van der Waals surface area contributed by atoms with Gasteiger partial charge in [-0.2, -0.15) is 0 Å². The Hall–Kier alpha value is -0.810. The Morgan fingerprint density at radius 2 is 2.25 bits per heavy atom. The van der Waals surface area contributed by atoms with E-state index >= 15 is 0 Å². The van der Waals surface area contributed by atoms with Crippen LogP contribution in [0.2, 0.25) is 5.02 Å². The highest BCUT2D eigenvalue weighted by Crippen LogP contribution is 2.33. The summed E-state index contributed by atoms with van der Waals surface area (Å²) in [5.41, 5.74) is 2.34. The van der Waals surface area contributed by atoms with Gasteiger partial charge in [0.15, 0.2) is 6.79 Å². The first-order chi connectivity index (χ1) is 9.56. The summed E-state index contributed by atoms with van der Waals surface area (Å²) in [6.07, 6.45) is 0. The third-order valence-corrected chi connectivity index (χ3v) is 4.30. The van der Waals surface area contributed by atoms with E-state index in [1.165, 1.54) is 0 Å². The van der Waals surface area contributed by atoms with Gasteiger partial charge in [-0.25, -0.2) is 0 Å². The third kappa shape index (κ3) is 2.79. The molecule has 1 N–H and O–H groups in total. The average Bonchev–Trinajstić information content (AvgIpc) is 2.41. The lowest BCUT2D eigenvalue weighted by Gasteiger charge is -2.43. The minimum atomic E-state index is 0.138. The molecule has 20 heavy (non-hydrogen) atoms. The Morgan fingerprint density at radius 3 is 3.05 bits per heavy atom. The van der Waals surface area contributed by atoms with E-state index in [4.69, 9.17) is 21.1 Å². The lowest BCUT2D eigenvalue weighted by molar-refractivity contribution is -0.0181. The molecule has 1 saturated heterocycles. The minimum absolute atomic E-state index is 0.138. The normalized spacial score (nSPS) is 22.1. The summed E-state index contributed by atoms with van der Waals surface area (Å²) in [6, 6.07) is 3.95. The Bertz CT molecular complexity index is 505. The van der Waals surface area contributed by atoms with Gasteiger partial charge in [0.2, 0.25) is 0 Å². The highest BCUT2D eigenvalue weighted by Gasteiger charge is 2.30. The molecule has 1 aromatic carbocycles. The van der Waals surface area contributed by atoms with Crippen molar-refractivity contribution in [2.24, 2.45) is 0 Å². The zero-order valence-electron chi connectivity index (χ0n) is 12.0. The number of ether oxygens (including phenoxy) is 2. The predicted molar refractivity (Wildman–Crippen MR) is 79.1 cm³/mol. The van der Waals surface area contributed by atoms with Crippen molar-refractivity contribution in [3.8, 4) is 5.75 Å². The maximum atomic E-state index is 6.23. The molecule has 0 amide bonds. The van der Waals surface area contributed by atoms with Gasteiger partial charge in [-0.05, 0) is 26.0 Å². The summed E-state index contributed by atoms with van der Waals surface area (Å²) >= 11 is 6.23. The van der Waals surface area contributed by atoms with E-state index in [1.807, 2.05) is 12.1 Å². The van der Waals surface area contributed by atoms with Gasteiger partial charge in [0.25, 0.3) is 0 Å². The molecule has 0 aromatic heterocycles. The fourth-order valence-corrected chi connectivity index (χ4v) is 3.16. The van der Waals surface area contributed by atoms with Gasteiger partial charge < -0.3 is 14.8 Å². The molecular weight excluding hydrogens is 276 g/mol. The molecule has 0 spiro atoms. The zero-order chi connectivity index (χ0) is 14.2. The van der Waals surface area contributed by atoms with Crippen LogP contribution in [0.25, 0.3) is 0 Å². The SMILES string of the molecule is CC1(C)CNCCN1Cc1cc(Cl)cc2c1OCOC2. The van der Waals surface area contributed by atoms with Crippen LogP contribution in [-0.4, -0.2) is 36.9 Å². The van der Waals surface area contributed by atoms with E-state index in [1.54, 1.807) is 0 Å². The van der Waals surface area contributed by atoms with Crippen molar-refractivity contribution in [2.75, 3.05) is 26.4 Å². The molecule has 1 aromatic rings. The molecule has 2 aliphatic rings. The van der Waals surface area contributed by atoms with E-state index < -0.39 is 0 Å². The first kappa shape index (κ1) is 14.1. The molecule has 1 fully saturated rings. The van der Waals surface area contributed by atoms with Crippen LogP contribution >= 0.6 is 11.6 Å². The van der Waals surface area contributed by atoms with E-state index in [9.17, 15) is 0 Å². The largest absolute Gasteiger partial charge is 0.467 e. The van der Waals surface area contributed by atoms with Crippen molar-refractivity contribution in [2.45, 2.75) is 32.5 Å². The second-order valence-electron chi connectivity index (χ2n) is 6.07. The lowest BCUT2D eigenvalue weighted by Crippen LogP contribution is -2.57. The van der Waals surface area contributed by atoms with E-state index in [-0.39, 0.29) is 5.54 Å². The Morgan fingerprint density at radius 1 is 1.40 bits per heavy atom. The van der Waals surface area contributed by atoms with Crippen LogP contribution in [-0.2, 0) is 17.9 Å². The van der Waals surface area contributed by atoms with Crippen LogP contribution in [0, 0.1) is 0 Å². The smallest absolute Gasteiger partial charge is 0.189 e. The van der Waals surface area contributed by atoms with Crippen LogP contribution in [0.5, 0.6) is 5.75 Å². The van der Waals surface area contributed by atoms with Crippen LogP contribution in [0.4, 0.5) is 0 Å². The minimum Gasteiger partial charge on any atom is -0.467 e. The average molecular weight is 297 g/mol. The highest BCUT2D eigenvalue weighted by molar-refractivity contribution is 6.30. The monoisotopic (exact) mass is 296 g/mol. The highest BCUT2D eigenvalue weighted by atomic mass is 35.5. The molecule has 3 rings (SSSR count). The van der Waals surface area contributed by atoms with Crippen LogP contribution in [0.15, 0.2) is 12.1 Å². The number of piperazine rings is 1. The van der Waals surface area contributed by atoms with Gasteiger partial charge >= 0.3 is 0 Å². The standard InChI is InChI=1S/C15H21ClN2O2/c1-15(2)9-17-3-4-18(15)7-11-5-13(16)6-12-8-19-10-20-14(11)12/h5-6,17H,3-4,7-10H2,1-2H3. The summed E-state index contributed by atoms with van der Waals surface area (Å²) < 4.78 is 11.0. The predicted octanol–water partition coefficient (Wildman–Crippen LogP) is 2.39. The number of hydrogen-bond donors (Lipinski definition) is 1. The molecular formula is C15H21ClN2O2. The molecule has 4 nitrogen and oxygen atoms in total. The molecule has 0 radical (unpaired) electrons. The topological polar surface area (TPSA) is 33.7 Å². The maximum Gasteiger partial charge on any atom is 0.189 e. The fraction of sp³-hybridized carbons (Fsp3) is 0.600. The van der Waals surface area contributed by atoms with Crippen LogP contribution in [0.3, 0.4) is 0 Å². The van der Waals surface area contributed by atoms with Gasteiger partial charge in [0.05, 0.1) is 6.61 Å². The van der Waals surface area contributed by atoms with Crippen molar-refractivity contribution in [1.29, 1.82) is 0 Å². The summed E-state index contributed by atoms with van der Waals surface area (Å²) in [6.45, 7) is 9.35. The molecule has 2 aliphatic heterocycles. The van der Waals surface area contributed by atoms with Gasteiger partial charge in [0.1, 0.15) is 5.75 Å². The summed E-state index contributed by atoms with van der Waals surface area (Å²) in [4.78, 5) is 2.48. The Labute approximate surface area is 125 Å². The van der Waals surface area contributed by atoms with Crippen molar-refractivity contribution in [3.63, 3.8) is 0 Å². The van der Waals surface area contributed by atoms with Crippen molar-refractivity contribution >= 4 is 11.6 Å². The fourth-order valence-electron chi connectivity index (χ4n) is 2.90. The molecule has 0 unspecified atom stereocenters. The van der Waals surface area contributed by atoms with Crippen molar-refractivity contribution < 1.29 is 9.47 Å². The number of nitrogens with one attached hydrogen (secondary N) is 1. The van der Waals surface area contributed by atoms with Crippen molar-refractivity contribution in [3.05, 3.63) is 28.3 Å². The van der Waals surface area contributed by atoms with E-state index in [0.29, 0.717) is 13.4 Å². The summed E-state index contributed by atoms with van der Waals surface area (Å²) in [5, 5.41) is 4.20. The number of halogens is 1. The van der Waals surface area contributed by atoms with Crippen LogP contribution in [0.1, 0.15) is 25.0 Å². The maximum absolute atomic E-state index is 6.23. The van der Waals surface area contributed by atoms with Gasteiger partial charge in [-0.1, -0.05) is 11.6 Å². The number of nitrogens with zero attached hydrogens (tertiary/aromatic N) is 1. The molecule has 0 atom stereocenters. The van der Waals surface area contributed by atoms with Gasteiger partial charge in [-0.3, -0.25) is 4.90 Å². The quantitative estimate of drug-likeness (QED) is 0.909. The van der Waals surface area contributed by atoms with Crippen molar-refractivity contribution in [1.82, 2.24) is 10.2 Å². The number of fused-ring (bicyclic) bond motifs is 1. The number of rotatable bonds is 2. The second-order valence-corrected chi connectivity index (χ2v) is 6.51. The third-order valence-electron chi connectivity index (χ3n) is 4.09. The first-order valence-electron chi connectivity index (χ1n) is 7.04. The Kier molecular flexibility index (Phi) is 3.91. The van der Waals surface area contributed by atoms with Gasteiger partial charge in [0, 0.05) is 47.9 Å². The number of benzene rings is 1. The van der Waals surface area contributed by atoms with E-state index in [0.717, 1.165) is 48.1 Å². The molecule has 0 bridgehead atoms. The lowest BCUT2D eigenvalue weighted by atomic mass is 9.98. The summed E-state index contributed by atoms with van der Waals surface area (Å²) in [5.74, 6) is 0.954. The van der Waals surface area contributed by atoms with Crippen LogP contribution < -0.4 is 10.1 Å². The van der Waals surface area contributed by atoms with Gasteiger partial charge in [-0.15, -0.1) is 0 Å². The molecule has 0 saturated carbocycles. The number of hydrogen-bond acceptors (Lipinski definition) is 4. The molecule has 110 valence electrons. The second kappa shape index (κ2) is 5.53. The Balaban J connectivity index is 1.88.